The summed E-state index contributed by atoms with van der Waals surface area (Å²) in [6.45, 7) is 1.18. The molecular formula is C22H26Cl2FN5O2. The molecule has 2 unspecified atom stereocenters. The van der Waals surface area contributed by atoms with Gasteiger partial charge in [0.1, 0.15) is 5.82 Å². The average molecular weight is 482 g/mol. The summed E-state index contributed by atoms with van der Waals surface area (Å²) in [6, 6.07) is 10.7. The maximum absolute atomic E-state index is 13.8. The van der Waals surface area contributed by atoms with Crippen LogP contribution in [0.15, 0.2) is 47.5 Å². The van der Waals surface area contributed by atoms with Crippen LogP contribution in [-0.2, 0) is 4.74 Å². The van der Waals surface area contributed by atoms with Gasteiger partial charge < -0.3 is 21.5 Å². The summed E-state index contributed by atoms with van der Waals surface area (Å²) < 4.78 is 19.1. The molecular weight excluding hydrogens is 456 g/mol. The number of carbonyl (C=O) groups excluding carboxylic acids is 1. The Morgan fingerprint density at radius 3 is 2.50 bits per heavy atom. The van der Waals surface area contributed by atoms with Crippen molar-refractivity contribution in [2.45, 2.75) is 37.5 Å². The van der Waals surface area contributed by atoms with Gasteiger partial charge in [0.2, 0.25) is 0 Å². The summed E-state index contributed by atoms with van der Waals surface area (Å²) in [5.74, 6) is -1.01. The van der Waals surface area contributed by atoms with Crippen molar-refractivity contribution in [2.75, 3.05) is 13.2 Å². The third-order valence-corrected chi connectivity index (χ3v) is 5.60. The predicted molar refractivity (Wildman–Crippen MR) is 124 cm³/mol. The number of hydrogen-bond donors (Lipinski definition) is 4. The molecule has 0 saturated carbocycles. The lowest BCUT2D eigenvalue weighted by Crippen LogP contribution is -2.51. The summed E-state index contributed by atoms with van der Waals surface area (Å²) in [4.78, 5) is 17.3. The molecule has 6 N–H and O–H groups in total. The van der Waals surface area contributed by atoms with Crippen molar-refractivity contribution in [2.24, 2.45) is 16.5 Å². The van der Waals surface area contributed by atoms with Crippen LogP contribution in [0.1, 0.15) is 41.2 Å². The van der Waals surface area contributed by atoms with E-state index >= 15 is 0 Å². The minimum Gasteiger partial charge on any atom is -0.381 e. The molecule has 3 rings (SSSR count). The Bertz CT molecular complexity index is 952. The smallest absolute Gasteiger partial charge is 0.258 e. The lowest BCUT2D eigenvalue weighted by Gasteiger charge is -2.24. The van der Waals surface area contributed by atoms with E-state index in [1.165, 1.54) is 12.1 Å². The Hall–Kier alpha value is -2.23. The van der Waals surface area contributed by atoms with Gasteiger partial charge in [-0.05, 0) is 55.2 Å². The highest BCUT2D eigenvalue weighted by molar-refractivity contribution is 6.31. The standard InChI is InChI=1S/C22H26Cl2FN5O2/c23-15-4-1-13(2-5-15)19(26)12-20(27)29-22(28-16-7-9-32-10-8-16)30-21(31)14-3-6-17(24)18(25)11-14/h1-6,11,16,19-20H,7-10,12,26-27H2,(H2,28,29,30,31). The molecule has 2 aromatic rings. The average Bonchev–Trinajstić information content (AvgIpc) is 2.76. The van der Waals surface area contributed by atoms with E-state index in [2.05, 4.69) is 15.6 Å². The zero-order valence-electron chi connectivity index (χ0n) is 17.4. The van der Waals surface area contributed by atoms with Gasteiger partial charge in [-0.3, -0.25) is 10.1 Å². The number of guanidine groups is 1. The lowest BCUT2D eigenvalue weighted by molar-refractivity contribution is 0.0868. The van der Waals surface area contributed by atoms with Gasteiger partial charge in [0, 0.05) is 29.8 Å². The van der Waals surface area contributed by atoms with Crippen LogP contribution in [0.5, 0.6) is 0 Å². The number of nitrogens with one attached hydrogen (secondary N) is 2. The highest BCUT2D eigenvalue weighted by Gasteiger charge is 2.19. The monoisotopic (exact) mass is 481 g/mol. The molecule has 32 heavy (non-hydrogen) atoms. The highest BCUT2D eigenvalue weighted by atomic mass is 35.5. The van der Waals surface area contributed by atoms with E-state index in [9.17, 15) is 9.18 Å². The highest BCUT2D eigenvalue weighted by Crippen LogP contribution is 2.18. The third-order valence-electron chi connectivity index (χ3n) is 5.04. The molecule has 7 nitrogen and oxygen atoms in total. The molecule has 0 spiro atoms. The number of ether oxygens (including phenoxy) is 1. The lowest BCUT2D eigenvalue weighted by atomic mass is 10.0. The van der Waals surface area contributed by atoms with E-state index < -0.39 is 17.9 Å². The quantitative estimate of drug-likeness (QED) is 0.286. The number of rotatable bonds is 6. The molecule has 10 heteroatoms. The first kappa shape index (κ1) is 24.4. The van der Waals surface area contributed by atoms with Crippen LogP contribution in [0.4, 0.5) is 4.39 Å². The SMILES string of the molecule is NC(CC(N)c1ccc(Cl)cc1)NC(=NC1CCOCC1)NC(=O)c1ccc(Cl)c(F)c1. The predicted octanol–water partition coefficient (Wildman–Crippen LogP) is 3.36. The number of benzene rings is 2. The summed E-state index contributed by atoms with van der Waals surface area (Å²) in [5, 5.41) is 6.28. The molecule has 0 radical (unpaired) electrons. The molecule has 2 aromatic carbocycles. The van der Waals surface area contributed by atoms with Crippen molar-refractivity contribution in [1.29, 1.82) is 0 Å². The summed E-state index contributed by atoms with van der Waals surface area (Å²) in [5.41, 5.74) is 13.5. The molecule has 0 aliphatic carbocycles. The second kappa shape index (κ2) is 11.6. The second-order valence-corrected chi connectivity index (χ2v) is 8.39. The Labute approximate surface area is 196 Å². The fourth-order valence-corrected chi connectivity index (χ4v) is 3.52. The maximum Gasteiger partial charge on any atom is 0.258 e. The van der Waals surface area contributed by atoms with Gasteiger partial charge in [0.25, 0.3) is 5.91 Å². The number of nitrogens with two attached hydrogens (primary N) is 2. The van der Waals surface area contributed by atoms with Crippen molar-refractivity contribution in [3.63, 3.8) is 0 Å². The summed E-state index contributed by atoms with van der Waals surface area (Å²) >= 11 is 11.6. The van der Waals surface area contributed by atoms with Crippen molar-refractivity contribution in [3.8, 4) is 0 Å². The van der Waals surface area contributed by atoms with Crippen LogP contribution in [0, 0.1) is 5.82 Å². The zero-order valence-corrected chi connectivity index (χ0v) is 18.9. The molecule has 0 aromatic heterocycles. The van der Waals surface area contributed by atoms with Crippen LogP contribution >= 0.6 is 23.2 Å². The third kappa shape index (κ3) is 7.15. The van der Waals surface area contributed by atoms with Gasteiger partial charge in [0.05, 0.1) is 17.2 Å². The van der Waals surface area contributed by atoms with Gasteiger partial charge in [-0.1, -0.05) is 35.3 Å². The minimum atomic E-state index is -0.680. The molecule has 2 atom stereocenters. The van der Waals surface area contributed by atoms with E-state index in [1.54, 1.807) is 12.1 Å². The van der Waals surface area contributed by atoms with Crippen LogP contribution in [-0.4, -0.2) is 37.3 Å². The molecule has 1 saturated heterocycles. The van der Waals surface area contributed by atoms with Crippen LogP contribution < -0.4 is 22.1 Å². The number of carbonyl (C=O) groups is 1. The van der Waals surface area contributed by atoms with E-state index in [0.29, 0.717) is 24.7 Å². The van der Waals surface area contributed by atoms with Crippen LogP contribution in [0.3, 0.4) is 0 Å². The number of halogens is 3. The Kier molecular flexibility index (Phi) is 8.84. The zero-order chi connectivity index (χ0) is 23.1. The normalized spacial score (nSPS) is 17.0. The first-order valence-electron chi connectivity index (χ1n) is 10.3. The summed E-state index contributed by atoms with van der Waals surface area (Å²) in [7, 11) is 0. The number of amides is 1. The molecule has 172 valence electrons. The van der Waals surface area contributed by atoms with E-state index in [4.69, 9.17) is 39.4 Å². The topological polar surface area (TPSA) is 115 Å². The minimum absolute atomic E-state index is 0.0364. The van der Waals surface area contributed by atoms with E-state index in [1.807, 2.05) is 12.1 Å². The molecule has 1 aliphatic rings. The number of hydrogen-bond acceptors (Lipinski definition) is 5. The van der Waals surface area contributed by atoms with Crippen molar-refractivity contribution < 1.29 is 13.9 Å². The first-order valence-corrected chi connectivity index (χ1v) is 11.0. The Balaban J connectivity index is 1.70. The van der Waals surface area contributed by atoms with Crippen LogP contribution in [0.25, 0.3) is 0 Å². The first-order chi connectivity index (χ1) is 15.3. The Morgan fingerprint density at radius 2 is 1.84 bits per heavy atom. The van der Waals surface area contributed by atoms with Gasteiger partial charge >= 0.3 is 0 Å². The maximum atomic E-state index is 13.8. The number of aliphatic imine (C=N–C) groups is 1. The van der Waals surface area contributed by atoms with Gasteiger partial charge in [-0.2, -0.15) is 0 Å². The van der Waals surface area contributed by atoms with Gasteiger partial charge in [0.15, 0.2) is 5.96 Å². The summed E-state index contributed by atoms with van der Waals surface area (Å²) in [6.07, 6.45) is 1.22. The fourth-order valence-electron chi connectivity index (χ4n) is 3.27. The van der Waals surface area contributed by atoms with Crippen molar-refractivity contribution in [1.82, 2.24) is 10.6 Å². The molecule has 0 bridgehead atoms. The van der Waals surface area contributed by atoms with E-state index in [-0.39, 0.29) is 28.6 Å². The fraction of sp³-hybridized carbons (Fsp3) is 0.364. The van der Waals surface area contributed by atoms with Gasteiger partial charge in [-0.15, -0.1) is 0 Å². The van der Waals surface area contributed by atoms with Crippen LogP contribution in [0.2, 0.25) is 10.0 Å². The van der Waals surface area contributed by atoms with Gasteiger partial charge in [-0.25, -0.2) is 9.38 Å². The van der Waals surface area contributed by atoms with Crippen molar-refractivity contribution in [3.05, 3.63) is 69.5 Å². The molecule has 1 aliphatic heterocycles. The van der Waals surface area contributed by atoms with E-state index in [0.717, 1.165) is 24.5 Å². The largest absolute Gasteiger partial charge is 0.381 e. The molecule has 1 heterocycles. The molecule has 1 fully saturated rings. The second-order valence-electron chi connectivity index (χ2n) is 7.55. The molecule has 1 amide bonds. The Morgan fingerprint density at radius 1 is 1.16 bits per heavy atom. The number of nitrogens with zero attached hydrogens (tertiary/aromatic N) is 1. The van der Waals surface area contributed by atoms with Crippen molar-refractivity contribution >= 4 is 35.1 Å².